The van der Waals surface area contributed by atoms with Crippen LogP contribution < -0.4 is 9.47 Å². The van der Waals surface area contributed by atoms with Crippen LogP contribution in [0.5, 0.6) is 11.5 Å². The second-order valence-electron chi connectivity index (χ2n) is 4.76. The molecule has 0 N–H and O–H groups in total. The van der Waals surface area contributed by atoms with Gasteiger partial charge in [0.05, 0.1) is 21.3 Å². The Morgan fingerprint density at radius 1 is 0.958 bits per heavy atom. The molecule has 0 amide bonds. The zero-order valence-electron chi connectivity index (χ0n) is 13.8. The molecule has 4 nitrogen and oxygen atoms in total. The van der Waals surface area contributed by atoms with E-state index in [0.717, 1.165) is 16.7 Å². The molecule has 0 atom stereocenters. The molecule has 122 valence electrons. The predicted molar refractivity (Wildman–Crippen MR) is 93.0 cm³/mol. The van der Waals surface area contributed by atoms with E-state index >= 15 is 0 Å². The summed E-state index contributed by atoms with van der Waals surface area (Å²) in [7, 11) is 4.52. The van der Waals surface area contributed by atoms with E-state index in [0.29, 0.717) is 11.5 Å². The number of hydrogen-bond donors (Lipinski definition) is 0. The Kier molecular flexibility index (Phi) is 6.04. The highest BCUT2D eigenvalue weighted by atomic mass is 16.5. The Hall–Kier alpha value is -3.19. The summed E-state index contributed by atoms with van der Waals surface area (Å²) in [5.41, 5.74) is 2.46. The molecule has 0 aromatic heterocycles. The molecule has 0 bridgehead atoms. The number of hydrogen-bond acceptors (Lipinski definition) is 4. The second-order valence-corrected chi connectivity index (χ2v) is 4.76. The lowest BCUT2D eigenvalue weighted by Crippen LogP contribution is -1.93. The number of methoxy groups -OCH3 is 3. The van der Waals surface area contributed by atoms with E-state index < -0.39 is 5.97 Å². The van der Waals surface area contributed by atoms with Crippen molar-refractivity contribution in [2.75, 3.05) is 21.3 Å². The number of benzene rings is 2. The van der Waals surface area contributed by atoms with Crippen LogP contribution in [0.3, 0.4) is 0 Å². The summed E-state index contributed by atoms with van der Waals surface area (Å²) in [6.07, 6.45) is 3.06. The van der Waals surface area contributed by atoms with Crippen LogP contribution in [-0.2, 0) is 9.53 Å². The fourth-order valence-corrected chi connectivity index (χ4v) is 2.04. The van der Waals surface area contributed by atoms with Gasteiger partial charge in [0.25, 0.3) is 0 Å². The summed E-state index contributed by atoms with van der Waals surface area (Å²) in [4.78, 5) is 11.2. The van der Waals surface area contributed by atoms with Gasteiger partial charge in [0.2, 0.25) is 0 Å². The monoisotopic (exact) mass is 322 g/mol. The Morgan fingerprint density at radius 2 is 1.71 bits per heavy atom. The molecule has 0 aliphatic rings. The van der Waals surface area contributed by atoms with E-state index in [4.69, 9.17) is 9.47 Å². The molecule has 0 unspecified atom stereocenters. The first-order valence-electron chi connectivity index (χ1n) is 7.27. The molecule has 0 radical (unpaired) electrons. The summed E-state index contributed by atoms with van der Waals surface area (Å²) in [6, 6.07) is 13.1. The minimum atomic E-state index is -0.405. The van der Waals surface area contributed by atoms with Crippen molar-refractivity contribution in [1.82, 2.24) is 0 Å². The molecule has 0 saturated carbocycles. The van der Waals surface area contributed by atoms with Gasteiger partial charge in [0.15, 0.2) is 11.5 Å². The number of carbonyl (C=O) groups is 1. The Bertz CT molecular complexity index is 810. The van der Waals surface area contributed by atoms with Gasteiger partial charge in [0.1, 0.15) is 0 Å². The third kappa shape index (κ3) is 4.40. The molecule has 0 fully saturated rings. The maximum atomic E-state index is 11.2. The van der Waals surface area contributed by atoms with Gasteiger partial charge in [0, 0.05) is 17.2 Å². The van der Waals surface area contributed by atoms with Crippen molar-refractivity contribution in [3.05, 3.63) is 65.2 Å². The van der Waals surface area contributed by atoms with Crippen molar-refractivity contribution in [3.8, 4) is 23.3 Å². The summed E-state index contributed by atoms with van der Waals surface area (Å²) >= 11 is 0. The SMILES string of the molecule is COC(=O)/C=C/c1ccccc1C#Cc1ccc(OC)c(OC)c1. The van der Waals surface area contributed by atoms with Crippen molar-refractivity contribution in [2.45, 2.75) is 0 Å². The normalized spacial score (nSPS) is 9.96. The fourth-order valence-electron chi connectivity index (χ4n) is 2.04. The van der Waals surface area contributed by atoms with Crippen molar-refractivity contribution in [2.24, 2.45) is 0 Å². The minimum Gasteiger partial charge on any atom is -0.493 e. The van der Waals surface area contributed by atoms with Crippen LogP contribution in [0.1, 0.15) is 16.7 Å². The first kappa shape index (κ1) is 17.2. The molecule has 4 heteroatoms. The molecule has 0 saturated heterocycles. The topological polar surface area (TPSA) is 44.8 Å². The van der Waals surface area contributed by atoms with Crippen molar-refractivity contribution >= 4 is 12.0 Å². The Labute approximate surface area is 141 Å². The molecule has 0 aliphatic carbocycles. The van der Waals surface area contributed by atoms with Crippen LogP contribution in [-0.4, -0.2) is 27.3 Å². The van der Waals surface area contributed by atoms with E-state index in [-0.39, 0.29) is 0 Å². The first-order valence-corrected chi connectivity index (χ1v) is 7.27. The lowest BCUT2D eigenvalue weighted by atomic mass is 10.1. The average molecular weight is 322 g/mol. The summed E-state index contributed by atoms with van der Waals surface area (Å²) in [6.45, 7) is 0. The lowest BCUT2D eigenvalue weighted by molar-refractivity contribution is -0.134. The standard InChI is InChI=1S/C20H18O4/c1-22-18-12-9-15(14-19(18)23-2)8-10-16-6-4-5-7-17(16)11-13-20(21)24-3/h4-7,9,11-14H,1-3H3/b13-11+. The third-order valence-electron chi connectivity index (χ3n) is 3.29. The number of ether oxygens (including phenoxy) is 3. The largest absolute Gasteiger partial charge is 0.493 e. The van der Waals surface area contributed by atoms with Gasteiger partial charge in [-0.15, -0.1) is 0 Å². The molecule has 0 spiro atoms. The predicted octanol–water partition coefficient (Wildman–Crippen LogP) is 3.29. The zero-order chi connectivity index (χ0) is 17.4. The second kappa shape index (κ2) is 8.44. The van der Waals surface area contributed by atoms with Gasteiger partial charge < -0.3 is 14.2 Å². The van der Waals surface area contributed by atoms with E-state index in [9.17, 15) is 4.79 Å². The van der Waals surface area contributed by atoms with Gasteiger partial charge in [-0.05, 0) is 35.9 Å². The molecule has 2 aromatic carbocycles. The van der Waals surface area contributed by atoms with Crippen LogP contribution >= 0.6 is 0 Å². The molecule has 2 aromatic rings. The summed E-state index contributed by atoms with van der Waals surface area (Å²) in [5, 5.41) is 0. The van der Waals surface area contributed by atoms with Gasteiger partial charge in [-0.2, -0.15) is 0 Å². The maximum Gasteiger partial charge on any atom is 0.330 e. The van der Waals surface area contributed by atoms with Gasteiger partial charge in [-0.25, -0.2) is 4.79 Å². The number of carbonyl (C=O) groups excluding carboxylic acids is 1. The summed E-state index contributed by atoms with van der Waals surface area (Å²) < 4.78 is 15.1. The van der Waals surface area contributed by atoms with E-state index in [1.54, 1.807) is 20.3 Å². The number of esters is 1. The Balaban J connectivity index is 2.31. The van der Waals surface area contributed by atoms with Crippen molar-refractivity contribution < 1.29 is 19.0 Å². The van der Waals surface area contributed by atoms with Crippen molar-refractivity contribution in [3.63, 3.8) is 0 Å². The van der Waals surface area contributed by atoms with Crippen LogP contribution in [0.4, 0.5) is 0 Å². The number of rotatable bonds is 4. The van der Waals surface area contributed by atoms with Crippen LogP contribution in [0.2, 0.25) is 0 Å². The van der Waals surface area contributed by atoms with Gasteiger partial charge >= 0.3 is 5.97 Å². The fraction of sp³-hybridized carbons (Fsp3) is 0.150. The zero-order valence-corrected chi connectivity index (χ0v) is 13.8. The molecule has 0 aliphatic heterocycles. The maximum absolute atomic E-state index is 11.2. The van der Waals surface area contributed by atoms with E-state index in [1.165, 1.54) is 13.2 Å². The molecular formula is C20H18O4. The average Bonchev–Trinajstić information content (AvgIpc) is 2.64. The highest BCUT2D eigenvalue weighted by Crippen LogP contribution is 2.27. The third-order valence-corrected chi connectivity index (χ3v) is 3.29. The highest BCUT2D eigenvalue weighted by molar-refractivity contribution is 5.87. The van der Waals surface area contributed by atoms with Crippen molar-refractivity contribution in [1.29, 1.82) is 0 Å². The van der Waals surface area contributed by atoms with Gasteiger partial charge in [-0.3, -0.25) is 0 Å². The first-order chi connectivity index (χ1) is 11.7. The Morgan fingerprint density at radius 3 is 2.42 bits per heavy atom. The van der Waals surface area contributed by atoms with Crippen LogP contribution in [0.15, 0.2) is 48.5 Å². The lowest BCUT2D eigenvalue weighted by Gasteiger charge is -2.06. The van der Waals surface area contributed by atoms with Crippen LogP contribution in [0.25, 0.3) is 6.08 Å². The molecule has 24 heavy (non-hydrogen) atoms. The highest BCUT2D eigenvalue weighted by Gasteiger charge is 2.03. The summed E-state index contributed by atoms with van der Waals surface area (Å²) in [5.74, 6) is 7.08. The molecular weight excluding hydrogens is 304 g/mol. The van der Waals surface area contributed by atoms with E-state index in [1.807, 2.05) is 42.5 Å². The quantitative estimate of drug-likeness (QED) is 0.492. The van der Waals surface area contributed by atoms with Gasteiger partial charge in [-0.1, -0.05) is 30.0 Å². The molecule has 2 rings (SSSR count). The van der Waals surface area contributed by atoms with E-state index in [2.05, 4.69) is 16.6 Å². The molecule has 0 heterocycles. The smallest absolute Gasteiger partial charge is 0.330 e. The van der Waals surface area contributed by atoms with Crippen LogP contribution in [0, 0.1) is 11.8 Å². The minimum absolute atomic E-state index is 0.405.